The van der Waals surface area contributed by atoms with Crippen LogP contribution in [-0.2, 0) is 4.79 Å². The molecule has 0 atom stereocenters. The van der Waals surface area contributed by atoms with E-state index in [0.29, 0.717) is 11.3 Å². The molecule has 1 saturated heterocycles. The normalized spacial score (nSPS) is 18.9. The van der Waals surface area contributed by atoms with Gasteiger partial charge in [-0.05, 0) is 25.0 Å². The van der Waals surface area contributed by atoms with E-state index in [4.69, 9.17) is 0 Å². The summed E-state index contributed by atoms with van der Waals surface area (Å²) >= 11 is 0. The zero-order valence-corrected chi connectivity index (χ0v) is 8.82. The number of Topliss-reactive ketones (excluding diaryl/α,β-unsaturated/α-hetero) is 1. The molecule has 1 fully saturated rings. The standard InChI is InChI=1S/C12H12N2O2/c15-11-10-8(13-12(11)16)4-3-5-9(10)14-6-1-2-7-14/h3-5H,1-2,6-7H2,(H,13,15,16). The number of benzene rings is 1. The van der Waals surface area contributed by atoms with Crippen molar-refractivity contribution in [3.8, 4) is 0 Å². The number of amides is 1. The van der Waals surface area contributed by atoms with E-state index in [1.807, 2.05) is 12.1 Å². The third-order valence-corrected chi connectivity index (χ3v) is 3.17. The van der Waals surface area contributed by atoms with E-state index in [0.717, 1.165) is 31.6 Å². The van der Waals surface area contributed by atoms with E-state index in [2.05, 4.69) is 10.2 Å². The van der Waals surface area contributed by atoms with E-state index in [1.165, 1.54) is 0 Å². The Kier molecular flexibility index (Phi) is 1.96. The van der Waals surface area contributed by atoms with Crippen LogP contribution < -0.4 is 10.2 Å². The van der Waals surface area contributed by atoms with Crippen molar-refractivity contribution in [3.63, 3.8) is 0 Å². The van der Waals surface area contributed by atoms with Crippen LogP contribution in [0.15, 0.2) is 18.2 Å². The van der Waals surface area contributed by atoms with Crippen molar-refractivity contribution in [1.29, 1.82) is 0 Å². The largest absolute Gasteiger partial charge is 0.371 e. The van der Waals surface area contributed by atoms with Crippen molar-refractivity contribution in [1.82, 2.24) is 0 Å². The van der Waals surface area contributed by atoms with Crippen molar-refractivity contribution in [2.24, 2.45) is 0 Å². The number of anilines is 2. The van der Waals surface area contributed by atoms with Gasteiger partial charge in [0.05, 0.1) is 16.9 Å². The summed E-state index contributed by atoms with van der Waals surface area (Å²) in [7, 11) is 0. The number of hydrogen-bond donors (Lipinski definition) is 1. The van der Waals surface area contributed by atoms with Gasteiger partial charge in [-0.2, -0.15) is 0 Å². The van der Waals surface area contributed by atoms with Gasteiger partial charge in [0.2, 0.25) is 0 Å². The van der Waals surface area contributed by atoms with Crippen molar-refractivity contribution in [2.75, 3.05) is 23.3 Å². The minimum Gasteiger partial charge on any atom is -0.371 e. The first-order valence-corrected chi connectivity index (χ1v) is 5.51. The van der Waals surface area contributed by atoms with Crippen LogP contribution in [-0.4, -0.2) is 24.8 Å². The molecule has 1 aromatic carbocycles. The maximum atomic E-state index is 11.7. The minimum atomic E-state index is -0.512. The number of carbonyl (C=O) groups is 2. The van der Waals surface area contributed by atoms with Crippen LogP contribution in [0.3, 0.4) is 0 Å². The molecule has 3 rings (SSSR count). The minimum absolute atomic E-state index is 0.405. The van der Waals surface area contributed by atoms with E-state index in [1.54, 1.807) is 6.07 Å². The number of hydrogen-bond acceptors (Lipinski definition) is 3. The molecule has 1 amide bonds. The van der Waals surface area contributed by atoms with Gasteiger partial charge < -0.3 is 10.2 Å². The molecule has 0 radical (unpaired) electrons. The Morgan fingerprint density at radius 1 is 1.12 bits per heavy atom. The summed E-state index contributed by atoms with van der Waals surface area (Å²) in [6.45, 7) is 1.94. The van der Waals surface area contributed by atoms with Gasteiger partial charge in [-0.25, -0.2) is 0 Å². The smallest absolute Gasteiger partial charge is 0.296 e. The van der Waals surface area contributed by atoms with Gasteiger partial charge in [-0.15, -0.1) is 0 Å². The van der Waals surface area contributed by atoms with Crippen LogP contribution >= 0.6 is 0 Å². The lowest BCUT2D eigenvalue weighted by Crippen LogP contribution is -2.20. The van der Waals surface area contributed by atoms with Crippen LogP contribution in [0.25, 0.3) is 0 Å². The molecule has 0 spiro atoms. The van der Waals surface area contributed by atoms with Gasteiger partial charge in [-0.1, -0.05) is 6.07 Å². The van der Waals surface area contributed by atoms with E-state index in [9.17, 15) is 9.59 Å². The molecular weight excluding hydrogens is 204 g/mol. The van der Waals surface area contributed by atoms with Gasteiger partial charge in [-0.3, -0.25) is 9.59 Å². The Hall–Kier alpha value is -1.84. The molecule has 0 aliphatic carbocycles. The summed E-state index contributed by atoms with van der Waals surface area (Å²) in [5, 5.41) is 2.60. The van der Waals surface area contributed by atoms with E-state index < -0.39 is 11.7 Å². The fourth-order valence-corrected chi connectivity index (χ4v) is 2.40. The lowest BCUT2D eigenvalue weighted by Gasteiger charge is -2.19. The molecule has 0 aromatic heterocycles. The Morgan fingerprint density at radius 3 is 2.62 bits per heavy atom. The first-order chi connectivity index (χ1) is 7.77. The first kappa shape index (κ1) is 9.39. The third-order valence-electron chi connectivity index (χ3n) is 3.17. The number of fused-ring (bicyclic) bond motifs is 1. The first-order valence-electron chi connectivity index (χ1n) is 5.51. The quantitative estimate of drug-likeness (QED) is 0.722. The molecule has 4 heteroatoms. The molecule has 82 valence electrons. The van der Waals surface area contributed by atoms with Crippen LogP contribution in [0.4, 0.5) is 11.4 Å². The van der Waals surface area contributed by atoms with E-state index in [-0.39, 0.29) is 0 Å². The topological polar surface area (TPSA) is 49.4 Å². The molecule has 0 bridgehead atoms. The fraction of sp³-hybridized carbons (Fsp3) is 0.333. The molecule has 2 aliphatic heterocycles. The molecule has 1 aromatic rings. The highest BCUT2D eigenvalue weighted by atomic mass is 16.2. The van der Waals surface area contributed by atoms with Crippen LogP contribution in [0.2, 0.25) is 0 Å². The van der Waals surface area contributed by atoms with Crippen LogP contribution in [0.1, 0.15) is 23.2 Å². The fourth-order valence-electron chi connectivity index (χ4n) is 2.40. The zero-order chi connectivity index (χ0) is 11.1. The molecule has 0 unspecified atom stereocenters. The second-order valence-corrected chi connectivity index (χ2v) is 4.18. The average molecular weight is 216 g/mol. The second-order valence-electron chi connectivity index (χ2n) is 4.18. The van der Waals surface area contributed by atoms with Crippen molar-refractivity contribution < 1.29 is 9.59 Å². The summed E-state index contributed by atoms with van der Waals surface area (Å²) in [6.07, 6.45) is 2.30. The van der Waals surface area contributed by atoms with Crippen molar-refractivity contribution in [3.05, 3.63) is 23.8 Å². The molecule has 2 heterocycles. The predicted octanol–water partition coefficient (Wildman–Crippen LogP) is 1.42. The summed E-state index contributed by atoms with van der Waals surface area (Å²) in [5.74, 6) is -0.917. The monoisotopic (exact) mass is 216 g/mol. The Morgan fingerprint density at radius 2 is 1.88 bits per heavy atom. The molecular formula is C12H12N2O2. The molecule has 4 nitrogen and oxygen atoms in total. The van der Waals surface area contributed by atoms with Gasteiger partial charge in [0.25, 0.3) is 11.7 Å². The lowest BCUT2D eigenvalue weighted by atomic mass is 10.1. The summed E-state index contributed by atoms with van der Waals surface area (Å²) in [6, 6.07) is 5.57. The van der Waals surface area contributed by atoms with Crippen LogP contribution in [0, 0.1) is 0 Å². The number of nitrogens with zero attached hydrogens (tertiary/aromatic N) is 1. The maximum Gasteiger partial charge on any atom is 0.296 e. The number of rotatable bonds is 1. The van der Waals surface area contributed by atoms with Gasteiger partial charge in [0.1, 0.15) is 0 Å². The van der Waals surface area contributed by atoms with Gasteiger partial charge in [0.15, 0.2) is 0 Å². The van der Waals surface area contributed by atoms with Gasteiger partial charge >= 0.3 is 0 Å². The predicted molar refractivity (Wildman–Crippen MR) is 60.8 cm³/mol. The molecule has 16 heavy (non-hydrogen) atoms. The second kappa shape index (κ2) is 3.33. The highest BCUT2D eigenvalue weighted by Crippen LogP contribution is 2.33. The summed E-state index contributed by atoms with van der Waals surface area (Å²) in [5.41, 5.74) is 2.10. The van der Waals surface area contributed by atoms with Gasteiger partial charge in [0, 0.05) is 13.1 Å². The van der Waals surface area contributed by atoms with Crippen molar-refractivity contribution in [2.45, 2.75) is 12.8 Å². The summed E-state index contributed by atoms with van der Waals surface area (Å²) in [4.78, 5) is 25.2. The Labute approximate surface area is 93.2 Å². The number of carbonyl (C=O) groups excluding carboxylic acids is 2. The highest BCUT2D eigenvalue weighted by molar-refractivity contribution is 6.52. The van der Waals surface area contributed by atoms with E-state index >= 15 is 0 Å². The zero-order valence-electron chi connectivity index (χ0n) is 8.82. The Balaban J connectivity index is 2.10. The molecule has 2 aliphatic rings. The number of nitrogens with one attached hydrogen (secondary N) is 1. The maximum absolute atomic E-state index is 11.7. The average Bonchev–Trinajstić information content (AvgIpc) is 2.88. The third kappa shape index (κ3) is 1.23. The Bertz CT molecular complexity index is 476. The highest BCUT2D eigenvalue weighted by Gasteiger charge is 2.32. The number of ketones is 1. The lowest BCUT2D eigenvalue weighted by molar-refractivity contribution is -0.112. The molecule has 0 saturated carbocycles. The van der Waals surface area contributed by atoms with Crippen molar-refractivity contribution >= 4 is 23.1 Å². The molecule has 1 N–H and O–H groups in total. The SMILES string of the molecule is O=C1Nc2cccc(N3CCCC3)c2C1=O. The summed E-state index contributed by atoms with van der Waals surface area (Å²) < 4.78 is 0. The van der Waals surface area contributed by atoms with Crippen LogP contribution in [0.5, 0.6) is 0 Å².